The van der Waals surface area contributed by atoms with Gasteiger partial charge in [-0.2, -0.15) is 4.79 Å². The predicted molar refractivity (Wildman–Crippen MR) is 57.7 cm³/mol. The van der Waals surface area contributed by atoms with Crippen molar-refractivity contribution in [3.8, 4) is 5.75 Å². The Balaban J connectivity index is 2.99. The zero-order valence-corrected chi connectivity index (χ0v) is 9.08. The normalized spacial score (nSPS) is 9.24. The first-order valence-electron chi connectivity index (χ1n) is 4.83. The third-order valence-electron chi connectivity index (χ3n) is 1.91. The lowest BCUT2D eigenvalue weighted by Crippen LogP contribution is -2.27. The monoisotopic (exact) mass is 234 g/mol. The summed E-state index contributed by atoms with van der Waals surface area (Å²) in [4.78, 5) is 25.6. The van der Waals surface area contributed by atoms with Crippen LogP contribution in [0.25, 0.3) is 5.53 Å². The number of nitrogens with zero attached hydrogens (tertiary/aromatic N) is 2. The van der Waals surface area contributed by atoms with E-state index in [2.05, 4.69) is 9.53 Å². The van der Waals surface area contributed by atoms with E-state index < -0.39 is 17.5 Å². The van der Waals surface area contributed by atoms with Gasteiger partial charge in [-0.15, -0.1) is 0 Å². The molecule has 6 nitrogen and oxygen atoms in total. The topological polar surface area (TPSA) is 100 Å². The van der Waals surface area contributed by atoms with E-state index in [-0.39, 0.29) is 17.9 Å². The van der Waals surface area contributed by atoms with Gasteiger partial charge >= 0.3 is 11.7 Å². The van der Waals surface area contributed by atoms with Crippen molar-refractivity contribution < 1.29 is 24.2 Å². The molecule has 0 atom stereocenters. The highest BCUT2D eigenvalue weighted by Gasteiger charge is 2.31. The largest absolute Gasteiger partial charge is 0.508 e. The lowest BCUT2D eigenvalue weighted by molar-refractivity contribution is -0.139. The van der Waals surface area contributed by atoms with Crippen LogP contribution < -0.4 is 0 Å². The minimum absolute atomic E-state index is 0.0137. The van der Waals surface area contributed by atoms with Crippen molar-refractivity contribution in [2.24, 2.45) is 0 Å². The molecule has 1 aromatic carbocycles. The van der Waals surface area contributed by atoms with Crippen LogP contribution in [0.1, 0.15) is 17.3 Å². The zero-order chi connectivity index (χ0) is 12.8. The highest BCUT2D eigenvalue weighted by molar-refractivity contribution is 6.65. The maximum atomic E-state index is 11.7. The average molecular weight is 234 g/mol. The molecule has 0 unspecified atom stereocenters. The quantitative estimate of drug-likeness (QED) is 0.208. The zero-order valence-electron chi connectivity index (χ0n) is 9.08. The Bertz CT molecular complexity index is 487. The summed E-state index contributed by atoms with van der Waals surface area (Å²) in [5.74, 6) is -1.78. The summed E-state index contributed by atoms with van der Waals surface area (Å²) in [7, 11) is 0. The fourth-order valence-corrected chi connectivity index (χ4v) is 1.13. The van der Waals surface area contributed by atoms with Gasteiger partial charge in [-0.25, -0.2) is 4.79 Å². The molecule has 88 valence electrons. The number of hydrogen-bond acceptors (Lipinski definition) is 4. The molecule has 1 N–H and O–H groups in total. The van der Waals surface area contributed by atoms with Crippen LogP contribution in [-0.4, -0.2) is 34.0 Å². The van der Waals surface area contributed by atoms with Crippen molar-refractivity contribution in [3.63, 3.8) is 0 Å². The number of benzene rings is 1. The first kappa shape index (κ1) is 12.6. The third kappa shape index (κ3) is 2.99. The number of esters is 1. The fraction of sp³-hybridized carbons (Fsp3) is 0.182. The van der Waals surface area contributed by atoms with Crippen LogP contribution in [-0.2, 0) is 9.53 Å². The molecule has 0 radical (unpaired) electrons. The van der Waals surface area contributed by atoms with Crippen molar-refractivity contribution in [1.82, 2.24) is 0 Å². The summed E-state index contributed by atoms with van der Waals surface area (Å²) in [6.07, 6.45) is 0. The number of phenolic OH excluding ortho intramolecular Hbond substituents is 1. The van der Waals surface area contributed by atoms with Crippen LogP contribution in [0.15, 0.2) is 24.3 Å². The van der Waals surface area contributed by atoms with E-state index in [1.165, 1.54) is 24.3 Å². The minimum atomic E-state index is -0.993. The molecule has 0 saturated heterocycles. The molecular formula is C11H10N2O4. The van der Waals surface area contributed by atoms with Gasteiger partial charge in [0.1, 0.15) is 5.75 Å². The van der Waals surface area contributed by atoms with Crippen molar-refractivity contribution in [2.45, 2.75) is 6.92 Å². The van der Waals surface area contributed by atoms with Crippen molar-refractivity contribution in [2.75, 3.05) is 6.61 Å². The molecule has 0 amide bonds. The van der Waals surface area contributed by atoms with E-state index in [1.54, 1.807) is 6.92 Å². The molecule has 0 aliphatic rings. The lowest BCUT2D eigenvalue weighted by Gasteiger charge is -1.98. The van der Waals surface area contributed by atoms with Crippen molar-refractivity contribution in [1.29, 1.82) is 0 Å². The molecular weight excluding hydrogens is 224 g/mol. The summed E-state index contributed by atoms with van der Waals surface area (Å²) in [5.41, 5.74) is 8.04. The molecule has 6 heteroatoms. The van der Waals surface area contributed by atoms with E-state index in [0.717, 1.165) is 0 Å². The number of rotatable bonds is 4. The number of carbonyl (C=O) groups excluding carboxylic acids is 2. The summed E-state index contributed by atoms with van der Waals surface area (Å²) >= 11 is 0. The van der Waals surface area contributed by atoms with Gasteiger partial charge in [0.25, 0.3) is 5.78 Å². The van der Waals surface area contributed by atoms with E-state index in [0.29, 0.717) is 0 Å². The van der Waals surface area contributed by atoms with Crippen molar-refractivity contribution in [3.05, 3.63) is 35.4 Å². The van der Waals surface area contributed by atoms with Gasteiger partial charge in [-0.05, 0) is 31.2 Å². The lowest BCUT2D eigenvalue weighted by atomic mass is 10.1. The first-order chi connectivity index (χ1) is 8.10. The third-order valence-corrected chi connectivity index (χ3v) is 1.91. The van der Waals surface area contributed by atoms with Gasteiger partial charge in [0.2, 0.25) is 0 Å². The maximum absolute atomic E-state index is 11.7. The van der Waals surface area contributed by atoms with Crippen LogP contribution in [0.3, 0.4) is 0 Å². The SMILES string of the molecule is CCOC(=O)C(=[N+]=[N-])C(=O)c1ccc(O)cc1. The van der Waals surface area contributed by atoms with Crippen molar-refractivity contribution >= 4 is 17.5 Å². The Morgan fingerprint density at radius 3 is 2.41 bits per heavy atom. The summed E-state index contributed by atoms with van der Waals surface area (Å²) in [6.45, 7) is 1.64. The average Bonchev–Trinajstić information content (AvgIpc) is 2.31. The molecule has 17 heavy (non-hydrogen) atoms. The highest BCUT2D eigenvalue weighted by Crippen LogP contribution is 2.10. The van der Waals surface area contributed by atoms with E-state index in [9.17, 15) is 9.59 Å². The minimum Gasteiger partial charge on any atom is -0.508 e. The summed E-state index contributed by atoms with van der Waals surface area (Å²) in [6, 6.07) is 5.19. The maximum Gasteiger partial charge on any atom is 0.446 e. The van der Waals surface area contributed by atoms with Crippen LogP contribution in [0.4, 0.5) is 0 Å². The summed E-state index contributed by atoms with van der Waals surface area (Å²) in [5, 5.41) is 9.05. The Morgan fingerprint density at radius 1 is 1.35 bits per heavy atom. The Hall–Kier alpha value is -2.46. The molecule has 0 aliphatic carbocycles. The van der Waals surface area contributed by atoms with Gasteiger partial charge in [0.05, 0.1) is 6.61 Å². The number of Topliss-reactive ketones (excluding diaryl/α,β-unsaturated/α-hetero) is 1. The predicted octanol–water partition coefficient (Wildman–Crippen LogP) is 0.809. The molecule has 0 spiro atoms. The fourth-order valence-electron chi connectivity index (χ4n) is 1.13. The van der Waals surface area contributed by atoms with Gasteiger partial charge in [0, 0.05) is 5.56 Å². The van der Waals surface area contributed by atoms with E-state index in [1.807, 2.05) is 0 Å². The number of aromatic hydroxyl groups is 1. The molecule has 0 saturated carbocycles. The molecule has 0 aliphatic heterocycles. The number of hydrogen-bond donors (Lipinski definition) is 1. The Morgan fingerprint density at radius 2 is 1.94 bits per heavy atom. The Labute approximate surface area is 97.1 Å². The number of carbonyl (C=O) groups is 2. The number of phenols is 1. The molecule has 1 rings (SSSR count). The van der Waals surface area contributed by atoms with Crippen LogP contribution in [0, 0.1) is 0 Å². The van der Waals surface area contributed by atoms with Gasteiger partial charge < -0.3 is 15.4 Å². The molecule has 0 aromatic heterocycles. The molecule has 0 bridgehead atoms. The molecule has 1 aromatic rings. The van der Waals surface area contributed by atoms with Crippen LogP contribution >= 0.6 is 0 Å². The van der Waals surface area contributed by atoms with Crippen LogP contribution in [0.2, 0.25) is 0 Å². The van der Waals surface area contributed by atoms with E-state index >= 15 is 0 Å². The standard InChI is InChI=1S/C11H10N2O4/c1-2-17-11(16)9(13-12)10(15)7-3-5-8(14)6-4-7/h3-6,14H,2H2,1H3. The highest BCUT2D eigenvalue weighted by atomic mass is 16.5. The summed E-state index contributed by atoms with van der Waals surface area (Å²) < 4.78 is 4.56. The van der Waals surface area contributed by atoms with E-state index in [4.69, 9.17) is 10.6 Å². The molecule has 0 fully saturated rings. The second-order valence-electron chi connectivity index (χ2n) is 3.05. The second-order valence-corrected chi connectivity index (χ2v) is 3.05. The number of ketones is 1. The van der Waals surface area contributed by atoms with Gasteiger partial charge in [0.15, 0.2) is 0 Å². The van der Waals surface area contributed by atoms with Gasteiger partial charge in [-0.1, -0.05) is 0 Å². The van der Waals surface area contributed by atoms with Gasteiger partial charge in [-0.3, -0.25) is 4.79 Å². The smallest absolute Gasteiger partial charge is 0.446 e. The first-order valence-corrected chi connectivity index (χ1v) is 4.83. The van der Waals surface area contributed by atoms with Crippen LogP contribution in [0.5, 0.6) is 5.75 Å². The number of ether oxygens (including phenoxy) is 1. The Kier molecular flexibility index (Phi) is 4.14. The molecule has 0 heterocycles. The second kappa shape index (κ2) is 5.58.